The predicted molar refractivity (Wildman–Crippen MR) is 89.5 cm³/mol. The molecule has 2 N–H and O–H groups in total. The smallest absolute Gasteiger partial charge is 0.305 e. The number of carbonyl (C=O) groups is 1. The van der Waals surface area contributed by atoms with Crippen LogP contribution in [0.3, 0.4) is 0 Å². The first-order chi connectivity index (χ1) is 11.4. The summed E-state index contributed by atoms with van der Waals surface area (Å²) in [6, 6.07) is 3.44. The van der Waals surface area contributed by atoms with Crippen molar-refractivity contribution >= 4 is 33.7 Å². The molecule has 9 heteroatoms. The summed E-state index contributed by atoms with van der Waals surface area (Å²) in [7, 11) is 0. The number of H-pyrrole nitrogens is 1. The summed E-state index contributed by atoms with van der Waals surface area (Å²) >= 11 is 2.20. The second-order valence-corrected chi connectivity index (χ2v) is 6.77. The van der Waals surface area contributed by atoms with Gasteiger partial charge in [0.15, 0.2) is 5.13 Å². The van der Waals surface area contributed by atoms with E-state index in [1.165, 1.54) is 17.4 Å². The Kier molecular flexibility index (Phi) is 4.54. The summed E-state index contributed by atoms with van der Waals surface area (Å²) < 4.78 is 27.1. The van der Waals surface area contributed by atoms with Crippen molar-refractivity contribution in [2.75, 3.05) is 5.32 Å². The lowest BCUT2D eigenvalue weighted by Crippen LogP contribution is -2.16. The number of aromatic nitrogens is 2. The number of aromatic amines is 1. The zero-order valence-electron chi connectivity index (χ0n) is 12.4. The second kappa shape index (κ2) is 6.62. The first kappa shape index (κ1) is 16.5. The van der Waals surface area contributed by atoms with Crippen LogP contribution in [0.15, 0.2) is 28.4 Å². The zero-order chi connectivity index (χ0) is 17.3. The highest BCUT2D eigenvalue weighted by Crippen LogP contribution is 2.28. The normalized spacial score (nSPS) is 10.8. The number of benzene rings is 1. The number of hydrogen-bond donors (Lipinski definition) is 2. The van der Waals surface area contributed by atoms with Gasteiger partial charge in [-0.25, -0.2) is 13.8 Å². The summed E-state index contributed by atoms with van der Waals surface area (Å²) in [4.78, 5) is 30.7. The largest absolute Gasteiger partial charge is 0.316 e. The van der Waals surface area contributed by atoms with Gasteiger partial charge in [0.1, 0.15) is 11.6 Å². The maximum atomic E-state index is 13.6. The van der Waals surface area contributed by atoms with E-state index in [-0.39, 0.29) is 10.4 Å². The van der Waals surface area contributed by atoms with Crippen molar-refractivity contribution in [1.29, 1.82) is 0 Å². The van der Waals surface area contributed by atoms with Crippen molar-refractivity contribution in [3.63, 3.8) is 0 Å². The number of nitrogens with zero attached hydrogens (tertiary/aromatic N) is 1. The van der Waals surface area contributed by atoms with E-state index < -0.39 is 24.0 Å². The summed E-state index contributed by atoms with van der Waals surface area (Å²) in [5, 5.41) is 4.51. The molecule has 5 nitrogen and oxygen atoms in total. The van der Waals surface area contributed by atoms with Crippen molar-refractivity contribution in [2.45, 2.75) is 13.3 Å². The number of anilines is 1. The fourth-order valence-electron chi connectivity index (χ4n) is 2.11. The number of rotatable bonds is 4. The Labute approximate surface area is 143 Å². The summed E-state index contributed by atoms with van der Waals surface area (Å²) in [6.07, 6.45) is -0.427. The van der Waals surface area contributed by atoms with Gasteiger partial charge < -0.3 is 10.3 Å². The Morgan fingerprint density at radius 2 is 2.04 bits per heavy atom. The SMILES string of the molecule is Cc1[nH]c(=O)sc1-c1csc(NC(=O)Cc2c(F)cccc2F)n1. The molecule has 0 unspecified atom stereocenters. The van der Waals surface area contributed by atoms with Crippen LogP contribution in [0.4, 0.5) is 13.9 Å². The lowest BCUT2D eigenvalue weighted by Gasteiger charge is -2.04. The van der Waals surface area contributed by atoms with Crippen LogP contribution in [0, 0.1) is 18.6 Å². The van der Waals surface area contributed by atoms with Crippen LogP contribution >= 0.6 is 22.7 Å². The van der Waals surface area contributed by atoms with Crippen LogP contribution in [0.25, 0.3) is 10.6 Å². The quantitative estimate of drug-likeness (QED) is 0.743. The van der Waals surface area contributed by atoms with E-state index in [1.54, 1.807) is 12.3 Å². The van der Waals surface area contributed by atoms with Gasteiger partial charge in [0.2, 0.25) is 5.91 Å². The lowest BCUT2D eigenvalue weighted by molar-refractivity contribution is -0.115. The van der Waals surface area contributed by atoms with E-state index in [4.69, 9.17) is 0 Å². The average Bonchev–Trinajstić information content (AvgIpc) is 3.09. The summed E-state index contributed by atoms with van der Waals surface area (Å²) in [5.41, 5.74) is 0.973. The molecule has 0 saturated carbocycles. The van der Waals surface area contributed by atoms with E-state index in [1.807, 2.05) is 0 Å². The fraction of sp³-hybridized carbons (Fsp3) is 0.133. The van der Waals surface area contributed by atoms with Gasteiger partial charge >= 0.3 is 4.87 Å². The molecule has 0 fully saturated rings. The van der Waals surface area contributed by atoms with Crippen LogP contribution in [-0.2, 0) is 11.2 Å². The highest BCUT2D eigenvalue weighted by molar-refractivity contribution is 7.15. The van der Waals surface area contributed by atoms with Gasteiger partial charge in [0.25, 0.3) is 0 Å². The maximum absolute atomic E-state index is 13.6. The molecular weight excluding hydrogens is 356 g/mol. The molecule has 3 aromatic rings. The summed E-state index contributed by atoms with van der Waals surface area (Å²) in [6.45, 7) is 1.76. The maximum Gasteiger partial charge on any atom is 0.305 e. The first-order valence-corrected chi connectivity index (χ1v) is 8.52. The third kappa shape index (κ3) is 3.41. The molecule has 0 radical (unpaired) electrons. The van der Waals surface area contributed by atoms with Crippen molar-refractivity contribution < 1.29 is 13.6 Å². The molecule has 0 aliphatic heterocycles. The van der Waals surface area contributed by atoms with E-state index in [0.29, 0.717) is 21.4 Å². The molecule has 0 bridgehead atoms. The van der Waals surface area contributed by atoms with Crippen molar-refractivity contribution in [2.24, 2.45) is 0 Å². The van der Waals surface area contributed by atoms with E-state index in [0.717, 1.165) is 23.5 Å². The van der Waals surface area contributed by atoms with Gasteiger partial charge in [-0.2, -0.15) is 0 Å². The molecule has 0 saturated heterocycles. The number of thiazole rings is 2. The number of halogens is 2. The van der Waals surface area contributed by atoms with Gasteiger partial charge in [-0.1, -0.05) is 17.4 Å². The Bertz CT molecular complexity index is 942. The molecule has 1 amide bonds. The zero-order valence-corrected chi connectivity index (χ0v) is 14.0. The molecule has 0 spiro atoms. The molecule has 2 heterocycles. The predicted octanol–water partition coefficient (Wildman–Crippen LogP) is 3.33. The van der Waals surface area contributed by atoms with Crippen molar-refractivity contribution in [1.82, 2.24) is 9.97 Å². The second-order valence-electron chi connectivity index (χ2n) is 4.93. The molecule has 0 atom stereocenters. The highest BCUT2D eigenvalue weighted by atomic mass is 32.1. The molecule has 124 valence electrons. The van der Waals surface area contributed by atoms with Crippen LogP contribution in [0.1, 0.15) is 11.3 Å². The number of nitrogens with one attached hydrogen (secondary N) is 2. The Morgan fingerprint density at radius 3 is 2.67 bits per heavy atom. The van der Waals surface area contributed by atoms with Crippen LogP contribution in [0.5, 0.6) is 0 Å². The number of carbonyl (C=O) groups excluding carboxylic acids is 1. The molecule has 2 aromatic heterocycles. The molecule has 0 aliphatic rings. The van der Waals surface area contributed by atoms with Crippen molar-refractivity contribution in [3.05, 3.63) is 56.1 Å². The average molecular weight is 367 g/mol. The topological polar surface area (TPSA) is 74.8 Å². The van der Waals surface area contributed by atoms with Gasteiger partial charge in [-0.15, -0.1) is 11.3 Å². The third-order valence-corrected chi connectivity index (χ3v) is 4.97. The van der Waals surface area contributed by atoms with Crippen LogP contribution in [0.2, 0.25) is 0 Å². The van der Waals surface area contributed by atoms with Crippen molar-refractivity contribution in [3.8, 4) is 10.6 Å². The Hall–Kier alpha value is -2.39. The minimum absolute atomic E-state index is 0.184. The van der Waals surface area contributed by atoms with Gasteiger partial charge in [-0.05, 0) is 19.1 Å². The minimum Gasteiger partial charge on any atom is -0.316 e. The molecule has 0 aliphatic carbocycles. The minimum atomic E-state index is -0.766. The monoisotopic (exact) mass is 367 g/mol. The van der Waals surface area contributed by atoms with E-state index in [2.05, 4.69) is 15.3 Å². The van der Waals surface area contributed by atoms with Gasteiger partial charge in [0, 0.05) is 16.6 Å². The Balaban J connectivity index is 1.74. The number of amides is 1. The van der Waals surface area contributed by atoms with Gasteiger partial charge in [0.05, 0.1) is 17.0 Å². The molecule has 1 aromatic carbocycles. The standard InChI is InChI=1S/C15H11F2N3O2S2/c1-7-13(24-15(22)18-7)11-6-23-14(19-11)20-12(21)5-8-9(16)3-2-4-10(8)17/h2-4,6H,5H2,1H3,(H,18,22)(H,19,20,21). The van der Waals surface area contributed by atoms with Crippen LogP contribution in [-0.4, -0.2) is 15.9 Å². The lowest BCUT2D eigenvalue weighted by atomic mass is 10.1. The van der Waals surface area contributed by atoms with Crippen LogP contribution < -0.4 is 10.2 Å². The Morgan fingerprint density at radius 1 is 1.33 bits per heavy atom. The van der Waals surface area contributed by atoms with Gasteiger partial charge in [-0.3, -0.25) is 9.59 Å². The fourth-order valence-corrected chi connectivity index (χ4v) is 3.70. The summed E-state index contributed by atoms with van der Waals surface area (Å²) in [5.74, 6) is -2.10. The van der Waals surface area contributed by atoms with E-state index >= 15 is 0 Å². The molecule has 3 rings (SSSR count). The number of hydrogen-bond acceptors (Lipinski definition) is 5. The highest BCUT2D eigenvalue weighted by Gasteiger charge is 2.15. The molecule has 24 heavy (non-hydrogen) atoms. The molecular formula is C15H11F2N3O2S2. The van der Waals surface area contributed by atoms with E-state index in [9.17, 15) is 18.4 Å². The number of aryl methyl sites for hydroxylation is 1. The first-order valence-electron chi connectivity index (χ1n) is 6.82. The third-order valence-electron chi connectivity index (χ3n) is 3.21.